The molecule has 0 unspecified atom stereocenters. The minimum absolute atomic E-state index is 0.112. The molecule has 2 aromatic carbocycles. The third-order valence-corrected chi connectivity index (χ3v) is 6.22. The topological polar surface area (TPSA) is 52.6 Å². The van der Waals surface area contributed by atoms with Crippen LogP contribution >= 0.6 is 0 Å². The van der Waals surface area contributed by atoms with Crippen molar-refractivity contribution in [3.63, 3.8) is 0 Å². The molecule has 3 rings (SSSR count). The first kappa shape index (κ1) is 25.4. The molecular formula is C29H33FO4. The average molecular weight is 465 g/mol. The van der Waals surface area contributed by atoms with Gasteiger partial charge in [0.15, 0.2) is 0 Å². The van der Waals surface area contributed by atoms with E-state index in [1.54, 1.807) is 19.9 Å². The van der Waals surface area contributed by atoms with Gasteiger partial charge in [0.1, 0.15) is 11.9 Å². The number of hydrogen-bond acceptors (Lipinski definition) is 4. The zero-order valence-corrected chi connectivity index (χ0v) is 20.1. The first-order valence-corrected chi connectivity index (χ1v) is 11.8. The van der Waals surface area contributed by atoms with Gasteiger partial charge in [0.25, 0.3) is 0 Å². The lowest BCUT2D eigenvalue weighted by molar-refractivity contribution is -0.145. The smallest absolute Gasteiger partial charge is 0.333 e. The maximum Gasteiger partial charge on any atom is 0.333 e. The second-order valence-corrected chi connectivity index (χ2v) is 9.11. The Kier molecular flexibility index (Phi) is 8.80. The van der Waals surface area contributed by atoms with E-state index in [2.05, 4.69) is 13.2 Å². The van der Waals surface area contributed by atoms with Crippen LogP contribution in [0.15, 0.2) is 66.8 Å². The Hall–Kier alpha value is -3.21. The summed E-state index contributed by atoms with van der Waals surface area (Å²) in [6.45, 7) is 10.8. The summed E-state index contributed by atoms with van der Waals surface area (Å²) in [5.74, 6) is -0.769. The van der Waals surface area contributed by atoms with E-state index in [0.29, 0.717) is 17.8 Å². The van der Waals surface area contributed by atoms with Gasteiger partial charge in [-0.05, 0) is 86.6 Å². The lowest BCUT2D eigenvalue weighted by atomic mass is 9.82. The number of carbonyl (C=O) groups is 2. The second kappa shape index (κ2) is 11.8. The van der Waals surface area contributed by atoms with Crippen LogP contribution in [0, 0.1) is 5.82 Å². The average Bonchev–Trinajstić information content (AvgIpc) is 2.82. The Bertz CT molecular complexity index is 1050. The Morgan fingerprint density at radius 3 is 2.12 bits per heavy atom. The highest BCUT2D eigenvalue weighted by atomic mass is 19.1. The van der Waals surface area contributed by atoms with Crippen molar-refractivity contribution in [1.29, 1.82) is 0 Å². The molecule has 1 fully saturated rings. The number of ether oxygens (including phenoxy) is 2. The maximum atomic E-state index is 15.0. The van der Waals surface area contributed by atoms with Crippen molar-refractivity contribution in [2.75, 3.05) is 6.61 Å². The van der Waals surface area contributed by atoms with Crippen LogP contribution in [0.1, 0.15) is 63.0 Å². The number of esters is 2. The molecule has 0 heterocycles. The second-order valence-electron chi connectivity index (χ2n) is 9.11. The van der Waals surface area contributed by atoms with E-state index in [4.69, 9.17) is 9.47 Å². The van der Waals surface area contributed by atoms with E-state index >= 15 is 0 Å². The van der Waals surface area contributed by atoms with Gasteiger partial charge in [0, 0.05) is 11.1 Å². The molecule has 4 nitrogen and oxygen atoms in total. The molecule has 0 aromatic heterocycles. The van der Waals surface area contributed by atoms with Crippen molar-refractivity contribution < 1.29 is 23.5 Å². The van der Waals surface area contributed by atoms with Crippen LogP contribution in [0.3, 0.4) is 0 Å². The minimum atomic E-state index is -0.361. The van der Waals surface area contributed by atoms with E-state index < -0.39 is 0 Å². The summed E-state index contributed by atoms with van der Waals surface area (Å²) in [6.07, 6.45) is 4.47. The Morgan fingerprint density at radius 2 is 1.53 bits per heavy atom. The summed E-state index contributed by atoms with van der Waals surface area (Å²) in [5.41, 5.74) is 4.47. The van der Waals surface area contributed by atoms with Crippen LogP contribution in [-0.4, -0.2) is 24.6 Å². The lowest BCUT2D eigenvalue weighted by Gasteiger charge is -2.29. The first-order valence-electron chi connectivity index (χ1n) is 11.8. The predicted octanol–water partition coefficient (Wildman–Crippen LogP) is 6.69. The van der Waals surface area contributed by atoms with Crippen molar-refractivity contribution in [3.05, 3.63) is 83.7 Å². The van der Waals surface area contributed by atoms with Gasteiger partial charge in [-0.3, -0.25) is 0 Å². The van der Waals surface area contributed by atoms with E-state index in [1.807, 2.05) is 36.4 Å². The number of aryl methyl sites for hydroxylation is 1. The maximum absolute atomic E-state index is 15.0. The molecule has 180 valence electrons. The molecule has 2 aromatic rings. The van der Waals surface area contributed by atoms with Crippen molar-refractivity contribution in [2.24, 2.45) is 0 Å². The van der Waals surface area contributed by atoms with E-state index in [1.165, 1.54) is 0 Å². The number of halogens is 1. The zero-order valence-electron chi connectivity index (χ0n) is 20.1. The van der Waals surface area contributed by atoms with E-state index in [9.17, 15) is 14.0 Å². The van der Waals surface area contributed by atoms with Crippen LogP contribution in [0.2, 0.25) is 0 Å². The number of benzene rings is 2. The largest absolute Gasteiger partial charge is 0.462 e. The fourth-order valence-electron chi connectivity index (χ4n) is 4.21. The highest BCUT2D eigenvalue weighted by Crippen LogP contribution is 2.36. The van der Waals surface area contributed by atoms with Crippen LogP contribution in [0.5, 0.6) is 0 Å². The molecule has 0 atom stereocenters. The van der Waals surface area contributed by atoms with E-state index in [0.717, 1.165) is 60.8 Å². The van der Waals surface area contributed by atoms with Gasteiger partial charge in [0.2, 0.25) is 0 Å². The van der Waals surface area contributed by atoms with Gasteiger partial charge < -0.3 is 9.47 Å². The van der Waals surface area contributed by atoms with Crippen LogP contribution in [-0.2, 0) is 25.5 Å². The van der Waals surface area contributed by atoms with Gasteiger partial charge in [-0.1, -0.05) is 49.6 Å². The zero-order chi connectivity index (χ0) is 24.7. The summed E-state index contributed by atoms with van der Waals surface area (Å²) >= 11 is 0. The molecule has 0 N–H and O–H groups in total. The Balaban J connectivity index is 1.54. The van der Waals surface area contributed by atoms with Gasteiger partial charge in [-0.15, -0.1) is 0 Å². The van der Waals surface area contributed by atoms with Gasteiger partial charge in [0.05, 0.1) is 6.61 Å². The molecule has 0 amide bonds. The number of hydrogen-bond donors (Lipinski definition) is 0. The summed E-state index contributed by atoms with van der Waals surface area (Å²) in [6, 6.07) is 13.5. The quantitative estimate of drug-likeness (QED) is 0.236. The third kappa shape index (κ3) is 6.89. The fourth-order valence-corrected chi connectivity index (χ4v) is 4.21. The molecule has 0 aliphatic heterocycles. The molecule has 34 heavy (non-hydrogen) atoms. The molecule has 1 aliphatic rings. The molecule has 1 aliphatic carbocycles. The monoisotopic (exact) mass is 464 g/mol. The molecule has 5 heteroatoms. The van der Waals surface area contributed by atoms with Crippen LogP contribution in [0.4, 0.5) is 4.39 Å². The van der Waals surface area contributed by atoms with Crippen LogP contribution < -0.4 is 0 Å². The fraction of sp³-hybridized carbons (Fsp3) is 0.379. The van der Waals surface area contributed by atoms with Gasteiger partial charge >= 0.3 is 11.9 Å². The van der Waals surface area contributed by atoms with Crippen molar-refractivity contribution in [1.82, 2.24) is 0 Å². The van der Waals surface area contributed by atoms with Gasteiger partial charge in [-0.25, -0.2) is 14.0 Å². The van der Waals surface area contributed by atoms with E-state index in [-0.39, 0.29) is 29.8 Å². The minimum Gasteiger partial charge on any atom is -0.462 e. The highest BCUT2D eigenvalue weighted by molar-refractivity contribution is 5.87. The van der Waals surface area contributed by atoms with Crippen LogP contribution in [0.25, 0.3) is 11.1 Å². The normalized spacial score (nSPS) is 17.6. The highest BCUT2D eigenvalue weighted by Gasteiger charge is 2.26. The number of carbonyl (C=O) groups excluding carboxylic acids is 2. The van der Waals surface area contributed by atoms with Crippen molar-refractivity contribution >= 4 is 11.9 Å². The molecule has 0 saturated heterocycles. The molecule has 0 radical (unpaired) electrons. The van der Waals surface area contributed by atoms with Crippen molar-refractivity contribution in [3.8, 4) is 11.1 Å². The standard InChI is InChI=1S/C29H33FO4/c1-19(2)28(31)33-17-5-6-21-7-9-22(10-8-21)24-13-16-26(27(30)18-24)23-11-14-25(15-12-23)34-29(32)20(3)4/h7-10,13,16,18,23,25H,1,3,5-6,11-12,14-15,17H2,2,4H3. The lowest BCUT2D eigenvalue weighted by Crippen LogP contribution is -2.24. The van der Waals surface area contributed by atoms with Gasteiger partial charge in [-0.2, -0.15) is 0 Å². The summed E-state index contributed by atoms with van der Waals surface area (Å²) in [7, 11) is 0. The predicted molar refractivity (Wildman–Crippen MR) is 132 cm³/mol. The molecular weight excluding hydrogens is 431 g/mol. The SMILES string of the molecule is C=C(C)C(=O)OCCCc1ccc(-c2ccc(C3CCC(OC(=O)C(=C)C)CC3)c(F)c2)cc1. The first-order chi connectivity index (χ1) is 16.2. The summed E-state index contributed by atoms with van der Waals surface area (Å²) in [4.78, 5) is 23.1. The third-order valence-electron chi connectivity index (χ3n) is 6.22. The van der Waals surface area contributed by atoms with Crippen molar-refractivity contribution in [2.45, 2.75) is 64.4 Å². The molecule has 0 bridgehead atoms. The summed E-state index contributed by atoms with van der Waals surface area (Å²) in [5, 5.41) is 0. The molecule has 0 spiro atoms. The Morgan fingerprint density at radius 1 is 0.912 bits per heavy atom. The number of rotatable bonds is 9. The molecule has 1 saturated carbocycles. The Labute approximate surface area is 201 Å². The summed E-state index contributed by atoms with van der Waals surface area (Å²) < 4.78 is 25.6.